The molecule has 1 heterocycles. The van der Waals surface area contributed by atoms with Crippen molar-refractivity contribution in [3.8, 4) is 0 Å². The number of amides is 1. The molecule has 1 saturated heterocycles. The van der Waals surface area contributed by atoms with E-state index in [2.05, 4.69) is 40.0 Å². The van der Waals surface area contributed by atoms with Gasteiger partial charge in [-0.2, -0.15) is 0 Å². The van der Waals surface area contributed by atoms with Gasteiger partial charge in [0.25, 0.3) is 0 Å². The number of nitrogens with one attached hydrogen (secondary N) is 1. The molecule has 1 aromatic rings. The zero-order valence-electron chi connectivity index (χ0n) is 10.6. The SMILES string of the molecule is CC1CN(c2ccc(C(N)=O)cc2Br)CC(C)N1. The lowest BCUT2D eigenvalue weighted by Crippen LogP contribution is -2.54. The number of anilines is 1. The van der Waals surface area contributed by atoms with Crippen LogP contribution >= 0.6 is 15.9 Å². The van der Waals surface area contributed by atoms with Crippen LogP contribution in [0.2, 0.25) is 0 Å². The molecule has 0 radical (unpaired) electrons. The molecular formula is C13H18BrN3O. The number of primary amides is 1. The molecule has 1 aliphatic rings. The Kier molecular flexibility index (Phi) is 3.92. The van der Waals surface area contributed by atoms with Gasteiger partial charge in [-0.25, -0.2) is 0 Å². The second-order valence-electron chi connectivity index (χ2n) is 4.90. The summed E-state index contributed by atoms with van der Waals surface area (Å²) in [5.41, 5.74) is 6.91. The van der Waals surface area contributed by atoms with Gasteiger partial charge in [0.2, 0.25) is 5.91 Å². The first-order valence-corrected chi connectivity index (χ1v) is 6.87. The molecule has 1 amide bonds. The third-order valence-corrected chi connectivity index (χ3v) is 3.77. The molecule has 18 heavy (non-hydrogen) atoms. The third-order valence-electron chi connectivity index (χ3n) is 3.13. The summed E-state index contributed by atoms with van der Waals surface area (Å²) in [6.45, 7) is 6.26. The standard InChI is InChI=1S/C13H18BrN3O/c1-8-6-17(7-9(2)16-8)12-4-3-10(13(15)18)5-11(12)14/h3-5,8-9,16H,6-7H2,1-2H3,(H2,15,18). The number of nitrogens with two attached hydrogens (primary N) is 1. The first-order chi connectivity index (χ1) is 8.47. The number of rotatable bonds is 2. The van der Waals surface area contributed by atoms with E-state index in [0.717, 1.165) is 23.2 Å². The zero-order chi connectivity index (χ0) is 13.3. The first-order valence-electron chi connectivity index (χ1n) is 6.07. The Bertz CT molecular complexity index is 454. The molecule has 0 bridgehead atoms. The average molecular weight is 312 g/mol. The number of hydrogen-bond donors (Lipinski definition) is 2. The van der Waals surface area contributed by atoms with Crippen LogP contribution in [0.1, 0.15) is 24.2 Å². The van der Waals surface area contributed by atoms with E-state index < -0.39 is 5.91 Å². The molecule has 0 aliphatic carbocycles. The molecule has 5 heteroatoms. The van der Waals surface area contributed by atoms with Crippen LogP contribution in [0.4, 0.5) is 5.69 Å². The van der Waals surface area contributed by atoms with Gasteiger partial charge in [0.15, 0.2) is 0 Å². The van der Waals surface area contributed by atoms with E-state index in [9.17, 15) is 4.79 Å². The van der Waals surface area contributed by atoms with Crippen molar-refractivity contribution in [1.82, 2.24) is 5.32 Å². The molecule has 0 aromatic heterocycles. The van der Waals surface area contributed by atoms with Crippen LogP contribution in [0.3, 0.4) is 0 Å². The van der Waals surface area contributed by atoms with Crippen LogP contribution in [-0.2, 0) is 0 Å². The highest BCUT2D eigenvalue weighted by molar-refractivity contribution is 9.10. The third kappa shape index (κ3) is 2.84. The molecule has 98 valence electrons. The van der Waals surface area contributed by atoms with Gasteiger partial charge in [0.1, 0.15) is 0 Å². The van der Waals surface area contributed by atoms with Gasteiger partial charge in [-0.3, -0.25) is 4.79 Å². The van der Waals surface area contributed by atoms with Gasteiger partial charge in [0.05, 0.1) is 5.69 Å². The highest BCUT2D eigenvalue weighted by atomic mass is 79.9. The van der Waals surface area contributed by atoms with Crippen LogP contribution in [0.5, 0.6) is 0 Å². The van der Waals surface area contributed by atoms with Crippen LogP contribution in [0.25, 0.3) is 0 Å². The van der Waals surface area contributed by atoms with Gasteiger partial charge in [-0.1, -0.05) is 0 Å². The van der Waals surface area contributed by atoms with E-state index in [4.69, 9.17) is 5.73 Å². The molecular weight excluding hydrogens is 294 g/mol. The summed E-state index contributed by atoms with van der Waals surface area (Å²) in [4.78, 5) is 13.4. The monoisotopic (exact) mass is 311 g/mol. The van der Waals surface area contributed by atoms with Crippen LogP contribution in [0, 0.1) is 0 Å². The van der Waals surface area contributed by atoms with E-state index in [1.54, 1.807) is 12.1 Å². The minimum Gasteiger partial charge on any atom is -0.368 e. The first kappa shape index (κ1) is 13.4. The highest BCUT2D eigenvalue weighted by Crippen LogP contribution is 2.28. The Labute approximate surface area is 116 Å². The molecule has 1 aliphatic heterocycles. The van der Waals surface area contributed by atoms with Crippen LogP contribution in [0.15, 0.2) is 22.7 Å². The fourth-order valence-electron chi connectivity index (χ4n) is 2.44. The zero-order valence-corrected chi connectivity index (χ0v) is 12.2. The lowest BCUT2D eigenvalue weighted by Gasteiger charge is -2.38. The number of carbonyl (C=O) groups excluding carboxylic acids is 1. The Morgan fingerprint density at radius 2 is 2.00 bits per heavy atom. The lowest BCUT2D eigenvalue weighted by atomic mass is 10.1. The largest absolute Gasteiger partial charge is 0.368 e. The Morgan fingerprint density at radius 3 is 2.50 bits per heavy atom. The predicted molar refractivity (Wildman–Crippen MR) is 76.9 cm³/mol. The van der Waals surface area contributed by atoms with Crippen molar-refractivity contribution >= 4 is 27.5 Å². The van der Waals surface area contributed by atoms with Gasteiger partial charge in [-0.05, 0) is 48.0 Å². The number of benzene rings is 1. The molecule has 1 aromatic carbocycles. The maximum absolute atomic E-state index is 11.1. The highest BCUT2D eigenvalue weighted by Gasteiger charge is 2.22. The molecule has 0 spiro atoms. The minimum absolute atomic E-state index is 0.399. The Morgan fingerprint density at radius 1 is 1.39 bits per heavy atom. The number of piperazine rings is 1. The fourth-order valence-corrected chi connectivity index (χ4v) is 3.07. The normalized spacial score (nSPS) is 24.1. The van der Waals surface area contributed by atoms with E-state index in [1.165, 1.54) is 0 Å². The average Bonchev–Trinajstić information content (AvgIpc) is 2.27. The number of halogens is 1. The summed E-state index contributed by atoms with van der Waals surface area (Å²) < 4.78 is 0.917. The van der Waals surface area contributed by atoms with Crippen molar-refractivity contribution < 1.29 is 4.79 Å². The summed E-state index contributed by atoms with van der Waals surface area (Å²) in [5, 5.41) is 3.50. The van der Waals surface area contributed by atoms with Gasteiger partial charge >= 0.3 is 0 Å². The molecule has 4 nitrogen and oxygen atoms in total. The number of carbonyl (C=O) groups is 1. The van der Waals surface area contributed by atoms with E-state index in [1.807, 2.05) is 6.07 Å². The summed E-state index contributed by atoms with van der Waals surface area (Å²) in [6.07, 6.45) is 0. The van der Waals surface area contributed by atoms with Crippen molar-refractivity contribution in [2.24, 2.45) is 5.73 Å². The van der Waals surface area contributed by atoms with E-state index in [0.29, 0.717) is 17.6 Å². The van der Waals surface area contributed by atoms with Crippen molar-refractivity contribution in [2.75, 3.05) is 18.0 Å². The second-order valence-corrected chi connectivity index (χ2v) is 5.76. The molecule has 3 N–H and O–H groups in total. The maximum Gasteiger partial charge on any atom is 0.248 e. The molecule has 2 atom stereocenters. The topological polar surface area (TPSA) is 58.4 Å². The maximum atomic E-state index is 11.1. The Balaban J connectivity index is 2.25. The summed E-state index contributed by atoms with van der Waals surface area (Å²) in [5.74, 6) is -0.399. The molecule has 0 saturated carbocycles. The van der Waals surface area contributed by atoms with Crippen molar-refractivity contribution in [2.45, 2.75) is 25.9 Å². The molecule has 2 rings (SSSR count). The molecule has 2 unspecified atom stereocenters. The Hall–Kier alpha value is -1.07. The predicted octanol–water partition coefficient (Wildman–Crippen LogP) is 1.73. The summed E-state index contributed by atoms with van der Waals surface area (Å²) in [6, 6.07) is 6.43. The van der Waals surface area contributed by atoms with Gasteiger partial charge in [0, 0.05) is 35.2 Å². The quantitative estimate of drug-likeness (QED) is 0.874. The smallest absolute Gasteiger partial charge is 0.248 e. The fraction of sp³-hybridized carbons (Fsp3) is 0.462. The number of hydrogen-bond acceptors (Lipinski definition) is 3. The summed E-state index contributed by atoms with van der Waals surface area (Å²) >= 11 is 3.52. The second kappa shape index (κ2) is 5.28. The lowest BCUT2D eigenvalue weighted by molar-refractivity contribution is 0.1000. The van der Waals surface area contributed by atoms with Crippen LogP contribution < -0.4 is 16.0 Å². The number of nitrogens with zero attached hydrogens (tertiary/aromatic N) is 1. The van der Waals surface area contributed by atoms with Crippen LogP contribution in [-0.4, -0.2) is 31.1 Å². The summed E-state index contributed by atoms with van der Waals surface area (Å²) in [7, 11) is 0. The van der Waals surface area contributed by atoms with Crippen molar-refractivity contribution in [1.29, 1.82) is 0 Å². The molecule has 1 fully saturated rings. The minimum atomic E-state index is -0.399. The van der Waals surface area contributed by atoms with Gasteiger partial charge < -0.3 is 16.0 Å². The van der Waals surface area contributed by atoms with E-state index in [-0.39, 0.29) is 0 Å². The van der Waals surface area contributed by atoms with Gasteiger partial charge in [-0.15, -0.1) is 0 Å². The van der Waals surface area contributed by atoms with E-state index >= 15 is 0 Å². The van der Waals surface area contributed by atoms with Crippen molar-refractivity contribution in [3.05, 3.63) is 28.2 Å². The van der Waals surface area contributed by atoms with Crippen molar-refractivity contribution in [3.63, 3.8) is 0 Å².